The number of aliphatic hydroxyl groups excluding tert-OH is 1. The van der Waals surface area contributed by atoms with Crippen LogP contribution in [0.4, 0.5) is 5.82 Å². The Labute approximate surface area is 122 Å². The maximum atomic E-state index is 12.6. The zero-order chi connectivity index (χ0) is 14.5. The molecule has 0 amide bonds. The summed E-state index contributed by atoms with van der Waals surface area (Å²) in [5.41, 5.74) is 0. The van der Waals surface area contributed by atoms with E-state index >= 15 is 0 Å². The Kier molecular flexibility index (Phi) is 6.18. The van der Waals surface area contributed by atoms with Crippen LogP contribution in [0.5, 0.6) is 0 Å². The van der Waals surface area contributed by atoms with Gasteiger partial charge in [0.25, 0.3) is 0 Å². The molecule has 0 spiro atoms. The minimum absolute atomic E-state index is 0.0752. The van der Waals surface area contributed by atoms with E-state index in [-0.39, 0.29) is 18.0 Å². The molecule has 0 unspecified atom stereocenters. The summed E-state index contributed by atoms with van der Waals surface area (Å²) in [6.45, 7) is 2.11. The smallest absolute Gasteiger partial charge is 0.246 e. The van der Waals surface area contributed by atoms with Crippen LogP contribution in [0, 0.1) is 0 Å². The minimum atomic E-state index is -3.67. The van der Waals surface area contributed by atoms with Gasteiger partial charge in [-0.15, -0.1) is 0 Å². The SMILES string of the molecule is CCCN(CCO)S(=O)(=O)c1cc(Br)cnc1NC. The monoisotopic (exact) mass is 351 g/mol. The number of aliphatic hydroxyl groups is 1. The van der Waals surface area contributed by atoms with Gasteiger partial charge in [0.1, 0.15) is 10.7 Å². The summed E-state index contributed by atoms with van der Waals surface area (Å²) < 4.78 is 27.0. The largest absolute Gasteiger partial charge is 0.395 e. The van der Waals surface area contributed by atoms with Gasteiger partial charge in [-0.1, -0.05) is 6.92 Å². The van der Waals surface area contributed by atoms with Gasteiger partial charge in [-0.05, 0) is 28.4 Å². The molecule has 1 rings (SSSR count). The highest BCUT2D eigenvalue weighted by Gasteiger charge is 2.27. The van der Waals surface area contributed by atoms with E-state index in [0.717, 1.165) is 0 Å². The fourth-order valence-electron chi connectivity index (χ4n) is 1.66. The quantitative estimate of drug-likeness (QED) is 0.773. The molecule has 1 heterocycles. The Bertz CT molecular complexity index is 516. The highest BCUT2D eigenvalue weighted by atomic mass is 79.9. The molecule has 1 aromatic heterocycles. The number of halogens is 1. The van der Waals surface area contributed by atoms with Gasteiger partial charge in [-0.25, -0.2) is 13.4 Å². The van der Waals surface area contributed by atoms with Crippen LogP contribution in [-0.4, -0.2) is 49.6 Å². The van der Waals surface area contributed by atoms with Gasteiger partial charge in [0.2, 0.25) is 10.0 Å². The minimum Gasteiger partial charge on any atom is -0.395 e. The Morgan fingerprint density at radius 3 is 2.68 bits per heavy atom. The maximum Gasteiger partial charge on any atom is 0.246 e. The average molecular weight is 352 g/mol. The normalized spacial score (nSPS) is 11.8. The highest BCUT2D eigenvalue weighted by Crippen LogP contribution is 2.25. The van der Waals surface area contributed by atoms with Gasteiger partial charge in [0.05, 0.1) is 6.61 Å². The van der Waals surface area contributed by atoms with E-state index < -0.39 is 10.0 Å². The lowest BCUT2D eigenvalue weighted by Gasteiger charge is -2.21. The number of hydrogen-bond donors (Lipinski definition) is 2. The first kappa shape index (κ1) is 16.4. The Balaban J connectivity index is 3.27. The van der Waals surface area contributed by atoms with E-state index in [4.69, 9.17) is 5.11 Å². The molecule has 108 valence electrons. The highest BCUT2D eigenvalue weighted by molar-refractivity contribution is 9.10. The van der Waals surface area contributed by atoms with E-state index in [0.29, 0.717) is 23.3 Å². The van der Waals surface area contributed by atoms with Crippen LogP contribution in [0.1, 0.15) is 13.3 Å². The summed E-state index contributed by atoms with van der Waals surface area (Å²) in [4.78, 5) is 4.14. The molecule has 6 nitrogen and oxygen atoms in total. The molecule has 0 radical (unpaired) electrons. The zero-order valence-electron chi connectivity index (χ0n) is 10.9. The summed E-state index contributed by atoms with van der Waals surface area (Å²) in [5, 5.41) is 11.8. The second-order valence-electron chi connectivity index (χ2n) is 3.88. The Hall–Kier alpha value is -0.700. The molecule has 0 atom stereocenters. The second-order valence-corrected chi connectivity index (χ2v) is 6.70. The molecule has 0 aliphatic carbocycles. The predicted octanol–water partition coefficient (Wildman–Crippen LogP) is 1.28. The third-order valence-electron chi connectivity index (χ3n) is 2.50. The average Bonchev–Trinajstić information content (AvgIpc) is 2.38. The first-order valence-electron chi connectivity index (χ1n) is 5.91. The van der Waals surface area contributed by atoms with E-state index in [1.807, 2.05) is 6.92 Å². The standard InChI is InChI=1S/C11H18BrN3O3S/c1-3-4-15(5-6-16)19(17,18)10-7-9(12)8-14-11(10)13-2/h7-8,16H,3-6H2,1-2H3,(H,13,14). The lowest BCUT2D eigenvalue weighted by molar-refractivity contribution is 0.253. The van der Waals surface area contributed by atoms with Gasteiger partial charge < -0.3 is 10.4 Å². The van der Waals surface area contributed by atoms with E-state index in [1.54, 1.807) is 7.05 Å². The van der Waals surface area contributed by atoms with E-state index in [2.05, 4.69) is 26.2 Å². The number of anilines is 1. The lowest BCUT2D eigenvalue weighted by atomic mass is 10.4. The van der Waals surface area contributed by atoms with Crippen LogP contribution in [0.25, 0.3) is 0 Å². The fourth-order valence-corrected chi connectivity index (χ4v) is 3.84. The summed E-state index contributed by atoms with van der Waals surface area (Å²) in [6, 6.07) is 1.51. The van der Waals surface area contributed by atoms with Crippen molar-refractivity contribution >= 4 is 31.8 Å². The number of sulfonamides is 1. The van der Waals surface area contributed by atoms with Crippen molar-refractivity contribution in [3.05, 3.63) is 16.7 Å². The van der Waals surface area contributed by atoms with Crippen molar-refractivity contribution in [2.45, 2.75) is 18.2 Å². The molecular weight excluding hydrogens is 334 g/mol. The first-order valence-corrected chi connectivity index (χ1v) is 8.15. The van der Waals surface area contributed by atoms with Gasteiger partial charge >= 0.3 is 0 Å². The predicted molar refractivity (Wildman–Crippen MR) is 77.6 cm³/mol. The van der Waals surface area contributed by atoms with Crippen molar-refractivity contribution in [2.24, 2.45) is 0 Å². The number of nitrogens with one attached hydrogen (secondary N) is 1. The molecule has 8 heteroatoms. The number of rotatable bonds is 7. The molecule has 1 aromatic rings. The molecule has 19 heavy (non-hydrogen) atoms. The molecule has 0 aliphatic heterocycles. The van der Waals surface area contributed by atoms with E-state index in [9.17, 15) is 8.42 Å². The van der Waals surface area contributed by atoms with Gasteiger partial charge in [0.15, 0.2) is 0 Å². The molecule has 0 aromatic carbocycles. The maximum absolute atomic E-state index is 12.6. The topological polar surface area (TPSA) is 82.5 Å². The number of hydrogen-bond acceptors (Lipinski definition) is 5. The van der Waals surface area contributed by atoms with Crippen molar-refractivity contribution in [1.29, 1.82) is 0 Å². The van der Waals surface area contributed by atoms with Crippen molar-refractivity contribution in [3.63, 3.8) is 0 Å². The third kappa shape index (κ3) is 3.88. The zero-order valence-corrected chi connectivity index (χ0v) is 13.3. The van der Waals surface area contributed by atoms with Crippen molar-refractivity contribution in [3.8, 4) is 0 Å². The summed E-state index contributed by atoms with van der Waals surface area (Å²) in [5.74, 6) is 0.294. The van der Waals surface area contributed by atoms with Crippen LogP contribution >= 0.6 is 15.9 Å². The molecule has 0 saturated carbocycles. The lowest BCUT2D eigenvalue weighted by Crippen LogP contribution is -2.34. The molecule has 0 aliphatic rings. The second kappa shape index (κ2) is 7.18. The van der Waals surface area contributed by atoms with Crippen LogP contribution in [0.3, 0.4) is 0 Å². The van der Waals surface area contributed by atoms with Crippen molar-refractivity contribution in [2.75, 3.05) is 32.1 Å². The number of aromatic nitrogens is 1. The van der Waals surface area contributed by atoms with Crippen LogP contribution in [0.2, 0.25) is 0 Å². The van der Waals surface area contributed by atoms with Crippen molar-refractivity contribution in [1.82, 2.24) is 9.29 Å². The van der Waals surface area contributed by atoms with Crippen molar-refractivity contribution < 1.29 is 13.5 Å². The first-order chi connectivity index (χ1) is 8.97. The molecule has 2 N–H and O–H groups in total. The molecular formula is C11H18BrN3O3S. The van der Waals surface area contributed by atoms with Gasteiger partial charge in [0, 0.05) is 30.8 Å². The molecule has 0 bridgehead atoms. The Morgan fingerprint density at radius 2 is 2.16 bits per heavy atom. The number of pyridine rings is 1. The van der Waals surface area contributed by atoms with Crippen LogP contribution < -0.4 is 5.32 Å². The summed E-state index contributed by atoms with van der Waals surface area (Å²) in [7, 11) is -2.06. The Morgan fingerprint density at radius 1 is 1.47 bits per heavy atom. The molecule has 0 fully saturated rings. The van der Waals surface area contributed by atoms with Gasteiger partial charge in [-0.2, -0.15) is 4.31 Å². The van der Waals surface area contributed by atoms with Crippen LogP contribution in [0.15, 0.2) is 21.6 Å². The van der Waals surface area contributed by atoms with E-state index in [1.165, 1.54) is 16.6 Å². The summed E-state index contributed by atoms with van der Waals surface area (Å²) in [6.07, 6.45) is 2.20. The third-order valence-corrected chi connectivity index (χ3v) is 4.84. The summed E-state index contributed by atoms with van der Waals surface area (Å²) >= 11 is 3.22. The fraction of sp³-hybridized carbons (Fsp3) is 0.545. The molecule has 0 saturated heterocycles. The number of nitrogens with zero attached hydrogens (tertiary/aromatic N) is 2. The van der Waals surface area contributed by atoms with Crippen LogP contribution in [-0.2, 0) is 10.0 Å². The van der Waals surface area contributed by atoms with Gasteiger partial charge in [-0.3, -0.25) is 0 Å².